The molecular weight excluding hydrogens is 314 g/mol. The number of hydrogen-bond acceptors (Lipinski definition) is 5. The van der Waals surface area contributed by atoms with E-state index in [1.165, 1.54) is 5.56 Å². The predicted octanol–water partition coefficient (Wildman–Crippen LogP) is 2.92. The molecule has 0 amide bonds. The van der Waals surface area contributed by atoms with Gasteiger partial charge in [0, 0.05) is 44.0 Å². The van der Waals surface area contributed by atoms with E-state index >= 15 is 0 Å². The van der Waals surface area contributed by atoms with E-state index in [0.717, 1.165) is 31.7 Å². The third kappa shape index (κ3) is 3.03. The Morgan fingerprint density at radius 3 is 2.48 bits per heavy atom. The highest BCUT2D eigenvalue weighted by Crippen LogP contribution is 2.28. The molecule has 0 N–H and O–H groups in total. The van der Waals surface area contributed by atoms with E-state index in [1.807, 2.05) is 31.2 Å². The van der Waals surface area contributed by atoms with Crippen LogP contribution in [0.5, 0.6) is 0 Å². The van der Waals surface area contributed by atoms with Gasteiger partial charge in [-0.3, -0.25) is 9.78 Å². The molecule has 0 unspecified atom stereocenters. The SMILES string of the molecule is Cc1ccc(-c2nccc3c(=O)cc(N4CCN(C)CC4)oc23)cc1. The number of likely N-dealkylation sites (N-methyl/N-ethyl adjacent to an activating group) is 1. The summed E-state index contributed by atoms with van der Waals surface area (Å²) in [6, 6.07) is 11.4. The summed E-state index contributed by atoms with van der Waals surface area (Å²) in [4.78, 5) is 21.5. The van der Waals surface area contributed by atoms with Crippen LogP contribution in [0.15, 0.2) is 51.8 Å². The highest BCUT2D eigenvalue weighted by atomic mass is 16.4. The Kier molecular flexibility index (Phi) is 4.01. The molecule has 5 heteroatoms. The molecule has 5 nitrogen and oxygen atoms in total. The Morgan fingerprint density at radius 2 is 1.76 bits per heavy atom. The smallest absolute Gasteiger partial charge is 0.200 e. The Hall–Kier alpha value is -2.66. The highest BCUT2D eigenvalue weighted by molar-refractivity contribution is 5.90. The summed E-state index contributed by atoms with van der Waals surface area (Å²) in [5, 5.41) is 0.573. The van der Waals surface area contributed by atoms with Crippen LogP contribution in [0.1, 0.15) is 5.56 Å². The minimum absolute atomic E-state index is 0.0223. The first-order chi connectivity index (χ1) is 12.1. The number of aryl methyl sites for hydroxylation is 1. The number of aromatic nitrogens is 1. The summed E-state index contributed by atoms with van der Waals surface area (Å²) in [6.07, 6.45) is 1.67. The first-order valence-corrected chi connectivity index (χ1v) is 8.55. The lowest BCUT2D eigenvalue weighted by Gasteiger charge is -2.32. The van der Waals surface area contributed by atoms with Crippen molar-refractivity contribution in [2.45, 2.75) is 6.92 Å². The van der Waals surface area contributed by atoms with Gasteiger partial charge >= 0.3 is 0 Å². The third-order valence-corrected chi connectivity index (χ3v) is 4.77. The minimum Gasteiger partial charge on any atom is -0.438 e. The van der Waals surface area contributed by atoms with Crippen LogP contribution >= 0.6 is 0 Å². The normalized spacial score (nSPS) is 15.7. The average molecular weight is 335 g/mol. The lowest BCUT2D eigenvalue weighted by Crippen LogP contribution is -2.44. The van der Waals surface area contributed by atoms with Gasteiger partial charge in [-0.1, -0.05) is 29.8 Å². The van der Waals surface area contributed by atoms with E-state index in [0.29, 0.717) is 22.5 Å². The fourth-order valence-electron chi connectivity index (χ4n) is 3.17. The summed E-state index contributed by atoms with van der Waals surface area (Å²) in [6.45, 7) is 5.67. The number of hydrogen-bond donors (Lipinski definition) is 0. The third-order valence-electron chi connectivity index (χ3n) is 4.77. The van der Waals surface area contributed by atoms with Gasteiger partial charge in [0.25, 0.3) is 0 Å². The average Bonchev–Trinajstić information content (AvgIpc) is 2.63. The van der Waals surface area contributed by atoms with Crippen LogP contribution in [0.3, 0.4) is 0 Å². The van der Waals surface area contributed by atoms with Gasteiger partial charge in [-0.15, -0.1) is 0 Å². The van der Waals surface area contributed by atoms with Gasteiger partial charge in [0.15, 0.2) is 16.9 Å². The molecule has 1 aliphatic heterocycles. The molecule has 2 aromatic heterocycles. The van der Waals surface area contributed by atoms with E-state index in [1.54, 1.807) is 18.3 Å². The van der Waals surface area contributed by atoms with Crippen LogP contribution < -0.4 is 10.3 Å². The zero-order chi connectivity index (χ0) is 17.4. The Bertz CT molecular complexity index is 955. The summed E-state index contributed by atoms with van der Waals surface area (Å²) < 4.78 is 6.18. The molecule has 0 bridgehead atoms. The second kappa shape index (κ2) is 6.33. The molecule has 1 aliphatic rings. The molecule has 25 heavy (non-hydrogen) atoms. The lowest BCUT2D eigenvalue weighted by atomic mass is 10.1. The molecular formula is C20H21N3O2. The van der Waals surface area contributed by atoms with E-state index in [4.69, 9.17) is 4.42 Å². The molecule has 4 rings (SSSR count). The number of pyridine rings is 1. The molecule has 0 atom stereocenters. The van der Waals surface area contributed by atoms with Gasteiger partial charge in [-0.05, 0) is 20.0 Å². The van der Waals surface area contributed by atoms with Crippen molar-refractivity contribution < 1.29 is 4.42 Å². The Balaban J connectivity index is 1.84. The van der Waals surface area contributed by atoms with Crippen LogP contribution in [0.4, 0.5) is 5.88 Å². The van der Waals surface area contributed by atoms with Crippen molar-refractivity contribution in [3.8, 4) is 11.3 Å². The monoisotopic (exact) mass is 335 g/mol. The number of anilines is 1. The molecule has 1 fully saturated rings. The zero-order valence-corrected chi connectivity index (χ0v) is 14.5. The van der Waals surface area contributed by atoms with Crippen LogP contribution in [-0.4, -0.2) is 43.1 Å². The summed E-state index contributed by atoms with van der Waals surface area (Å²) in [5.74, 6) is 0.631. The molecule has 0 aliphatic carbocycles. The largest absolute Gasteiger partial charge is 0.438 e. The maximum atomic E-state index is 12.6. The van der Waals surface area contributed by atoms with Crippen LogP contribution in [0.2, 0.25) is 0 Å². The predicted molar refractivity (Wildman–Crippen MR) is 100 cm³/mol. The highest BCUT2D eigenvalue weighted by Gasteiger charge is 2.19. The van der Waals surface area contributed by atoms with Gasteiger partial charge in [-0.2, -0.15) is 0 Å². The van der Waals surface area contributed by atoms with Gasteiger partial charge < -0.3 is 14.2 Å². The van der Waals surface area contributed by atoms with Crippen molar-refractivity contribution in [1.82, 2.24) is 9.88 Å². The number of rotatable bonds is 2. The topological polar surface area (TPSA) is 49.6 Å². The number of piperazine rings is 1. The van der Waals surface area contributed by atoms with Gasteiger partial charge in [0.05, 0.1) is 5.39 Å². The molecule has 3 aromatic rings. The zero-order valence-electron chi connectivity index (χ0n) is 14.5. The van der Waals surface area contributed by atoms with Crippen LogP contribution in [0.25, 0.3) is 22.2 Å². The van der Waals surface area contributed by atoms with Crippen molar-refractivity contribution in [2.24, 2.45) is 0 Å². The molecule has 0 radical (unpaired) electrons. The molecule has 128 valence electrons. The van der Waals surface area contributed by atoms with Crippen molar-refractivity contribution in [1.29, 1.82) is 0 Å². The number of fused-ring (bicyclic) bond motifs is 1. The first-order valence-electron chi connectivity index (χ1n) is 8.55. The van der Waals surface area contributed by atoms with Crippen LogP contribution in [0, 0.1) is 6.92 Å². The number of nitrogens with zero attached hydrogens (tertiary/aromatic N) is 3. The van der Waals surface area contributed by atoms with E-state index < -0.39 is 0 Å². The van der Waals surface area contributed by atoms with Gasteiger partial charge in [0.2, 0.25) is 0 Å². The van der Waals surface area contributed by atoms with E-state index in [9.17, 15) is 4.79 Å². The maximum absolute atomic E-state index is 12.6. The molecule has 1 aromatic carbocycles. The van der Waals surface area contributed by atoms with Crippen molar-refractivity contribution in [3.05, 3.63) is 58.4 Å². The molecule has 1 saturated heterocycles. The Morgan fingerprint density at radius 1 is 1.04 bits per heavy atom. The lowest BCUT2D eigenvalue weighted by molar-refractivity contribution is 0.306. The molecule has 0 saturated carbocycles. The second-order valence-electron chi connectivity index (χ2n) is 6.64. The van der Waals surface area contributed by atoms with E-state index in [-0.39, 0.29) is 5.43 Å². The summed E-state index contributed by atoms with van der Waals surface area (Å²) in [5.41, 5.74) is 3.39. The maximum Gasteiger partial charge on any atom is 0.200 e. The van der Waals surface area contributed by atoms with Crippen molar-refractivity contribution in [2.75, 3.05) is 38.1 Å². The molecule has 0 spiro atoms. The fourth-order valence-corrected chi connectivity index (χ4v) is 3.17. The fraction of sp³-hybridized carbons (Fsp3) is 0.300. The van der Waals surface area contributed by atoms with Gasteiger partial charge in [0.1, 0.15) is 5.69 Å². The second-order valence-corrected chi connectivity index (χ2v) is 6.64. The summed E-state index contributed by atoms with van der Waals surface area (Å²) >= 11 is 0. The Labute approximate surface area is 146 Å². The number of benzene rings is 1. The first kappa shape index (κ1) is 15.8. The quantitative estimate of drug-likeness (QED) is 0.721. The standard InChI is InChI=1S/C20H21N3O2/c1-14-3-5-15(6-4-14)19-20-16(7-8-21-19)17(24)13-18(25-20)23-11-9-22(2)10-12-23/h3-8,13H,9-12H2,1-2H3. The van der Waals surface area contributed by atoms with Crippen molar-refractivity contribution >= 4 is 16.9 Å². The minimum atomic E-state index is -0.0223. The van der Waals surface area contributed by atoms with Gasteiger partial charge in [-0.25, -0.2) is 0 Å². The van der Waals surface area contributed by atoms with E-state index in [2.05, 4.69) is 21.8 Å². The van der Waals surface area contributed by atoms with Crippen LogP contribution in [-0.2, 0) is 0 Å². The molecule has 3 heterocycles. The summed E-state index contributed by atoms with van der Waals surface area (Å²) in [7, 11) is 2.10. The van der Waals surface area contributed by atoms with Crippen molar-refractivity contribution in [3.63, 3.8) is 0 Å².